The van der Waals surface area contributed by atoms with E-state index in [1.807, 2.05) is 25.1 Å². The lowest BCUT2D eigenvalue weighted by Crippen LogP contribution is -2.16. The van der Waals surface area contributed by atoms with Crippen molar-refractivity contribution in [2.24, 2.45) is 0 Å². The maximum absolute atomic E-state index is 12.1. The molecule has 3 N–H and O–H groups in total. The van der Waals surface area contributed by atoms with Crippen LogP contribution >= 0.6 is 11.3 Å². The van der Waals surface area contributed by atoms with Crippen LogP contribution in [-0.4, -0.2) is 20.9 Å². The van der Waals surface area contributed by atoms with E-state index in [4.69, 9.17) is 5.73 Å². The smallest absolute Gasteiger partial charge is 0.279 e. The van der Waals surface area contributed by atoms with Gasteiger partial charge in [0.25, 0.3) is 5.91 Å². The molecule has 0 saturated carbocycles. The monoisotopic (exact) mass is 311 g/mol. The van der Waals surface area contributed by atoms with E-state index in [0.717, 1.165) is 10.4 Å². The predicted molar refractivity (Wildman–Crippen MR) is 86.7 cm³/mol. The van der Waals surface area contributed by atoms with Crippen molar-refractivity contribution in [3.63, 3.8) is 0 Å². The summed E-state index contributed by atoms with van der Waals surface area (Å²) in [5.74, 6) is -0.328. The Kier molecular flexibility index (Phi) is 3.80. The number of hydrogen-bond donors (Lipinski definition) is 2. The Morgan fingerprint density at radius 3 is 2.82 bits per heavy atom. The lowest BCUT2D eigenvalue weighted by atomic mass is 10.1. The average Bonchev–Trinajstić information content (AvgIpc) is 2.96. The second-order valence-corrected chi connectivity index (χ2v) is 5.67. The summed E-state index contributed by atoms with van der Waals surface area (Å²) in [7, 11) is 0. The molecule has 0 fully saturated rings. The number of nitrogen functional groups attached to an aromatic ring is 1. The number of benzene rings is 1. The number of anilines is 2. The standard InChI is InChI=1S/C15H13N5OS/c1-9-3-2-4-10(7-9)11-8-19-15(22-11)20-14(21)12-13(16)18-6-5-17-12/h2-8H,1H3,(H2,16,18)(H,19,20,21). The van der Waals surface area contributed by atoms with Crippen LogP contribution in [0.25, 0.3) is 10.4 Å². The molecule has 2 heterocycles. The van der Waals surface area contributed by atoms with Gasteiger partial charge in [-0.25, -0.2) is 15.0 Å². The van der Waals surface area contributed by atoms with Crippen LogP contribution in [0.15, 0.2) is 42.9 Å². The molecular weight excluding hydrogens is 298 g/mol. The first-order valence-electron chi connectivity index (χ1n) is 6.54. The molecule has 0 aliphatic heterocycles. The molecule has 0 aliphatic rings. The lowest BCUT2D eigenvalue weighted by Gasteiger charge is -2.02. The molecule has 0 saturated heterocycles. The van der Waals surface area contributed by atoms with E-state index in [1.54, 1.807) is 6.20 Å². The molecule has 3 aromatic rings. The third-order valence-corrected chi connectivity index (χ3v) is 3.93. The highest BCUT2D eigenvalue weighted by Gasteiger charge is 2.14. The van der Waals surface area contributed by atoms with Crippen molar-refractivity contribution in [3.8, 4) is 10.4 Å². The van der Waals surface area contributed by atoms with Crippen molar-refractivity contribution in [2.45, 2.75) is 6.92 Å². The van der Waals surface area contributed by atoms with Crippen LogP contribution in [0.2, 0.25) is 0 Å². The van der Waals surface area contributed by atoms with Gasteiger partial charge in [0.15, 0.2) is 16.6 Å². The van der Waals surface area contributed by atoms with Crippen LogP contribution in [0.1, 0.15) is 16.1 Å². The first-order chi connectivity index (χ1) is 10.6. The third kappa shape index (κ3) is 2.94. The fourth-order valence-electron chi connectivity index (χ4n) is 1.94. The maximum Gasteiger partial charge on any atom is 0.279 e. The van der Waals surface area contributed by atoms with E-state index < -0.39 is 5.91 Å². The molecule has 6 nitrogen and oxygen atoms in total. The number of hydrogen-bond acceptors (Lipinski definition) is 6. The summed E-state index contributed by atoms with van der Waals surface area (Å²) in [5.41, 5.74) is 7.97. The van der Waals surface area contributed by atoms with Crippen molar-refractivity contribution < 1.29 is 4.79 Å². The Morgan fingerprint density at radius 2 is 2.05 bits per heavy atom. The molecule has 0 unspecified atom stereocenters. The zero-order chi connectivity index (χ0) is 15.5. The van der Waals surface area contributed by atoms with Gasteiger partial charge in [-0.05, 0) is 12.5 Å². The van der Waals surface area contributed by atoms with Crippen LogP contribution < -0.4 is 11.1 Å². The minimum atomic E-state index is -0.421. The normalized spacial score (nSPS) is 10.4. The Hall–Kier alpha value is -2.80. The number of aromatic nitrogens is 3. The van der Waals surface area contributed by atoms with Crippen molar-refractivity contribution in [1.29, 1.82) is 0 Å². The number of nitrogens with two attached hydrogens (primary N) is 1. The summed E-state index contributed by atoms with van der Waals surface area (Å²) in [6.07, 6.45) is 4.59. The summed E-state index contributed by atoms with van der Waals surface area (Å²) in [5, 5.41) is 3.18. The average molecular weight is 311 g/mol. The Bertz CT molecular complexity index is 830. The number of rotatable bonds is 3. The third-order valence-electron chi connectivity index (χ3n) is 2.97. The second-order valence-electron chi connectivity index (χ2n) is 4.64. The number of thiazole rings is 1. The van der Waals surface area contributed by atoms with Crippen molar-refractivity contribution >= 4 is 28.2 Å². The lowest BCUT2D eigenvalue weighted by molar-refractivity contribution is 0.102. The summed E-state index contributed by atoms with van der Waals surface area (Å²) in [6.45, 7) is 2.03. The van der Waals surface area contributed by atoms with E-state index in [2.05, 4.69) is 26.3 Å². The Balaban J connectivity index is 1.80. The van der Waals surface area contributed by atoms with Gasteiger partial charge in [0.2, 0.25) is 0 Å². The molecule has 0 atom stereocenters. The molecule has 0 spiro atoms. The zero-order valence-electron chi connectivity index (χ0n) is 11.8. The Morgan fingerprint density at radius 1 is 1.23 bits per heavy atom. The highest BCUT2D eigenvalue weighted by atomic mass is 32.1. The molecule has 110 valence electrons. The van der Waals surface area contributed by atoms with Crippen LogP contribution in [0.5, 0.6) is 0 Å². The Labute approximate surface area is 131 Å². The fourth-order valence-corrected chi connectivity index (χ4v) is 2.75. The number of carbonyl (C=O) groups excluding carboxylic acids is 1. The molecule has 1 amide bonds. The second kappa shape index (κ2) is 5.90. The zero-order valence-corrected chi connectivity index (χ0v) is 12.6. The number of aryl methyl sites for hydroxylation is 1. The fraction of sp³-hybridized carbons (Fsp3) is 0.0667. The molecule has 0 aliphatic carbocycles. The van der Waals surface area contributed by atoms with Gasteiger partial charge in [0.1, 0.15) is 0 Å². The summed E-state index contributed by atoms with van der Waals surface area (Å²) in [6, 6.07) is 8.10. The van der Waals surface area contributed by atoms with Gasteiger partial charge in [-0.15, -0.1) is 0 Å². The van der Waals surface area contributed by atoms with Crippen molar-refractivity contribution in [3.05, 3.63) is 54.1 Å². The minimum Gasteiger partial charge on any atom is -0.382 e. The molecule has 2 aromatic heterocycles. The molecule has 0 bridgehead atoms. The summed E-state index contributed by atoms with van der Waals surface area (Å²) in [4.78, 5) is 25.1. The molecule has 3 rings (SSSR count). The first-order valence-corrected chi connectivity index (χ1v) is 7.36. The van der Waals surface area contributed by atoms with Gasteiger partial charge >= 0.3 is 0 Å². The quantitative estimate of drug-likeness (QED) is 0.775. The molecule has 1 aromatic carbocycles. The van der Waals surface area contributed by atoms with Gasteiger partial charge < -0.3 is 5.73 Å². The van der Waals surface area contributed by atoms with Crippen LogP contribution in [0.4, 0.5) is 10.9 Å². The maximum atomic E-state index is 12.1. The SMILES string of the molecule is Cc1cccc(-c2cnc(NC(=O)c3nccnc3N)s2)c1. The van der Waals surface area contributed by atoms with Gasteiger partial charge in [-0.2, -0.15) is 0 Å². The largest absolute Gasteiger partial charge is 0.382 e. The molecule has 0 radical (unpaired) electrons. The number of nitrogens with zero attached hydrogens (tertiary/aromatic N) is 3. The highest BCUT2D eigenvalue weighted by Crippen LogP contribution is 2.29. The van der Waals surface area contributed by atoms with Crippen LogP contribution in [0, 0.1) is 6.92 Å². The van der Waals surface area contributed by atoms with E-state index in [1.165, 1.54) is 29.3 Å². The van der Waals surface area contributed by atoms with E-state index in [9.17, 15) is 4.79 Å². The summed E-state index contributed by atoms with van der Waals surface area (Å²) < 4.78 is 0. The number of amides is 1. The molecular formula is C15H13N5OS. The van der Waals surface area contributed by atoms with E-state index in [0.29, 0.717) is 5.13 Å². The number of nitrogens with one attached hydrogen (secondary N) is 1. The summed E-state index contributed by atoms with van der Waals surface area (Å²) >= 11 is 1.39. The van der Waals surface area contributed by atoms with Crippen molar-refractivity contribution in [2.75, 3.05) is 11.1 Å². The first kappa shape index (κ1) is 14.2. The predicted octanol–water partition coefficient (Wildman–Crippen LogP) is 2.74. The van der Waals surface area contributed by atoms with Crippen molar-refractivity contribution in [1.82, 2.24) is 15.0 Å². The topological polar surface area (TPSA) is 93.8 Å². The number of carbonyl (C=O) groups is 1. The molecule has 7 heteroatoms. The van der Waals surface area contributed by atoms with E-state index >= 15 is 0 Å². The van der Waals surface area contributed by atoms with Gasteiger partial charge in [-0.1, -0.05) is 41.2 Å². The van der Waals surface area contributed by atoms with Crippen LogP contribution in [-0.2, 0) is 0 Å². The highest BCUT2D eigenvalue weighted by molar-refractivity contribution is 7.19. The minimum absolute atomic E-state index is 0.0924. The molecule has 22 heavy (non-hydrogen) atoms. The van der Waals surface area contributed by atoms with Crippen LogP contribution in [0.3, 0.4) is 0 Å². The van der Waals surface area contributed by atoms with Gasteiger partial charge in [-0.3, -0.25) is 10.1 Å². The van der Waals surface area contributed by atoms with Gasteiger partial charge in [0, 0.05) is 18.6 Å². The van der Waals surface area contributed by atoms with E-state index in [-0.39, 0.29) is 11.5 Å². The van der Waals surface area contributed by atoms with Gasteiger partial charge in [0.05, 0.1) is 4.88 Å².